The highest BCUT2D eigenvalue weighted by Crippen LogP contribution is 2.35. The van der Waals surface area contributed by atoms with Crippen LogP contribution in [0, 0.1) is 0 Å². The molecule has 1 aromatic carbocycles. The van der Waals surface area contributed by atoms with Gasteiger partial charge in [0.2, 0.25) is 12.7 Å². The number of nitrogens with zero attached hydrogens (tertiary/aromatic N) is 1. The number of fused-ring (bicyclic) bond motifs is 1. The SMILES string of the molecule is CN(C)CCNC(C)(C(N)=O)c1ccc2c(c1)OCO2. The van der Waals surface area contributed by atoms with Crippen LogP contribution in [0.3, 0.4) is 0 Å². The highest BCUT2D eigenvalue weighted by molar-refractivity contribution is 5.86. The van der Waals surface area contributed by atoms with Gasteiger partial charge in [-0.2, -0.15) is 0 Å². The minimum absolute atomic E-state index is 0.208. The van der Waals surface area contributed by atoms with Crippen molar-refractivity contribution in [2.24, 2.45) is 5.73 Å². The zero-order chi connectivity index (χ0) is 14.8. The normalized spacial score (nSPS) is 16.2. The number of ether oxygens (including phenoxy) is 2. The Balaban J connectivity index is 2.21. The molecule has 0 saturated heterocycles. The van der Waals surface area contributed by atoms with Crippen LogP contribution in [0.25, 0.3) is 0 Å². The molecule has 1 unspecified atom stereocenters. The molecule has 1 heterocycles. The van der Waals surface area contributed by atoms with Gasteiger partial charge in [-0.1, -0.05) is 6.07 Å². The van der Waals surface area contributed by atoms with Crippen LogP contribution in [0.1, 0.15) is 12.5 Å². The van der Waals surface area contributed by atoms with Gasteiger partial charge in [-0.3, -0.25) is 10.1 Å². The second-order valence-electron chi connectivity index (χ2n) is 5.29. The van der Waals surface area contributed by atoms with E-state index in [4.69, 9.17) is 15.2 Å². The highest BCUT2D eigenvalue weighted by Gasteiger charge is 2.33. The van der Waals surface area contributed by atoms with Crippen LogP contribution in [0.2, 0.25) is 0 Å². The number of benzene rings is 1. The number of nitrogens with two attached hydrogens (primary N) is 1. The van der Waals surface area contributed by atoms with Gasteiger partial charge in [-0.25, -0.2) is 0 Å². The van der Waals surface area contributed by atoms with Crippen molar-refractivity contribution in [1.82, 2.24) is 10.2 Å². The topological polar surface area (TPSA) is 76.8 Å². The average Bonchev–Trinajstić information content (AvgIpc) is 2.84. The number of carbonyl (C=O) groups is 1. The third-order valence-electron chi connectivity index (χ3n) is 3.48. The van der Waals surface area contributed by atoms with E-state index in [1.165, 1.54) is 0 Å². The summed E-state index contributed by atoms with van der Waals surface area (Å²) in [5.74, 6) is 0.911. The van der Waals surface area contributed by atoms with E-state index in [9.17, 15) is 4.79 Å². The van der Waals surface area contributed by atoms with Gasteiger partial charge < -0.3 is 20.1 Å². The first-order valence-electron chi connectivity index (χ1n) is 6.53. The Bertz CT molecular complexity index is 504. The zero-order valence-electron chi connectivity index (χ0n) is 12.1. The minimum atomic E-state index is -0.934. The fraction of sp³-hybridized carbons (Fsp3) is 0.500. The van der Waals surface area contributed by atoms with E-state index in [-0.39, 0.29) is 6.79 Å². The van der Waals surface area contributed by atoms with Gasteiger partial charge in [0, 0.05) is 13.1 Å². The molecule has 0 fully saturated rings. The van der Waals surface area contributed by atoms with Crippen molar-refractivity contribution in [2.45, 2.75) is 12.5 Å². The molecule has 0 radical (unpaired) electrons. The van der Waals surface area contributed by atoms with Gasteiger partial charge in [0.05, 0.1) is 0 Å². The fourth-order valence-electron chi connectivity index (χ4n) is 2.07. The Morgan fingerprint density at radius 3 is 2.75 bits per heavy atom. The lowest BCUT2D eigenvalue weighted by Gasteiger charge is -2.29. The molecule has 6 nitrogen and oxygen atoms in total. The van der Waals surface area contributed by atoms with Crippen LogP contribution in [0.5, 0.6) is 11.5 Å². The molecule has 0 saturated carbocycles. The molecule has 2 rings (SSSR count). The van der Waals surface area contributed by atoms with Gasteiger partial charge in [-0.15, -0.1) is 0 Å². The summed E-state index contributed by atoms with van der Waals surface area (Å²) in [6.45, 7) is 3.46. The number of likely N-dealkylation sites (N-methyl/N-ethyl adjacent to an activating group) is 1. The lowest BCUT2D eigenvalue weighted by Crippen LogP contribution is -2.51. The zero-order valence-corrected chi connectivity index (χ0v) is 12.1. The Labute approximate surface area is 118 Å². The van der Waals surface area contributed by atoms with Crippen molar-refractivity contribution in [1.29, 1.82) is 0 Å². The molecule has 0 aliphatic carbocycles. The number of hydrogen-bond acceptors (Lipinski definition) is 5. The number of carbonyl (C=O) groups excluding carboxylic acids is 1. The first kappa shape index (κ1) is 14.6. The summed E-state index contributed by atoms with van der Waals surface area (Å²) in [5, 5.41) is 3.22. The van der Waals surface area contributed by atoms with Crippen LogP contribution < -0.4 is 20.5 Å². The van der Waals surface area contributed by atoms with Crippen molar-refractivity contribution in [3.8, 4) is 11.5 Å². The van der Waals surface area contributed by atoms with Crippen molar-refractivity contribution in [3.05, 3.63) is 23.8 Å². The molecule has 1 aliphatic heterocycles. The van der Waals surface area contributed by atoms with Gasteiger partial charge in [-0.05, 0) is 38.7 Å². The van der Waals surface area contributed by atoms with Crippen molar-refractivity contribution < 1.29 is 14.3 Å². The lowest BCUT2D eigenvalue weighted by atomic mass is 9.90. The van der Waals surface area contributed by atoms with Crippen LogP contribution in [0.15, 0.2) is 18.2 Å². The molecule has 20 heavy (non-hydrogen) atoms. The maximum atomic E-state index is 11.9. The molecule has 3 N–H and O–H groups in total. The summed E-state index contributed by atoms with van der Waals surface area (Å²) in [6, 6.07) is 5.43. The summed E-state index contributed by atoms with van der Waals surface area (Å²) in [4.78, 5) is 13.9. The van der Waals surface area contributed by atoms with Crippen molar-refractivity contribution >= 4 is 5.91 Å². The van der Waals surface area contributed by atoms with Crippen LogP contribution in [-0.2, 0) is 10.3 Å². The van der Waals surface area contributed by atoms with E-state index in [0.29, 0.717) is 18.0 Å². The molecule has 110 valence electrons. The van der Waals surface area contributed by atoms with E-state index < -0.39 is 11.4 Å². The lowest BCUT2D eigenvalue weighted by molar-refractivity contribution is -0.124. The molecule has 0 bridgehead atoms. The molecule has 1 amide bonds. The summed E-state index contributed by atoms with van der Waals surface area (Å²) < 4.78 is 10.6. The monoisotopic (exact) mass is 279 g/mol. The summed E-state index contributed by atoms with van der Waals surface area (Å²) in [7, 11) is 3.95. The molecule has 1 aliphatic rings. The van der Waals surface area contributed by atoms with E-state index >= 15 is 0 Å². The second kappa shape index (κ2) is 5.68. The van der Waals surface area contributed by atoms with Crippen LogP contribution in [0.4, 0.5) is 0 Å². The van der Waals surface area contributed by atoms with E-state index in [1.807, 2.05) is 25.1 Å². The maximum Gasteiger partial charge on any atom is 0.242 e. The molecule has 0 spiro atoms. The molecule has 0 aromatic heterocycles. The van der Waals surface area contributed by atoms with Gasteiger partial charge in [0.25, 0.3) is 0 Å². The first-order chi connectivity index (χ1) is 9.43. The van der Waals surface area contributed by atoms with Crippen LogP contribution >= 0.6 is 0 Å². The molecular formula is C14H21N3O3. The average molecular weight is 279 g/mol. The Kier molecular flexibility index (Phi) is 4.15. The third kappa shape index (κ3) is 2.86. The number of primary amides is 1. The maximum absolute atomic E-state index is 11.9. The number of hydrogen-bond donors (Lipinski definition) is 2. The third-order valence-corrected chi connectivity index (χ3v) is 3.48. The second-order valence-corrected chi connectivity index (χ2v) is 5.29. The summed E-state index contributed by atoms with van der Waals surface area (Å²) in [6.07, 6.45) is 0. The van der Waals surface area contributed by atoms with E-state index in [2.05, 4.69) is 5.32 Å². The minimum Gasteiger partial charge on any atom is -0.454 e. The molecule has 1 aromatic rings. The Hall–Kier alpha value is -1.79. The first-order valence-corrected chi connectivity index (χ1v) is 6.53. The highest BCUT2D eigenvalue weighted by atomic mass is 16.7. The molecule has 1 atom stereocenters. The van der Waals surface area contributed by atoms with Gasteiger partial charge in [0.1, 0.15) is 5.54 Å². The Morgan fingerprint density at radius 1 is 1.40 bits per heavy atom. The summed E-state index contributed by atoms with van der Waals surface area (Å²) in [5.41, 5.74) is 5.42. The molecular weight excluding hydrogens is 258 g/mol. The van der Waals surface area contributed by atoms with E-state index in [1.54, 1.807) is 19.1 Å². The smallest absolute Gasteiger partial charge is 0.242 e. The quantitative estimate of drug-likeness (QED) is 0.781. The van der Waals surface area contributed by atoms with Crippen molar-refractivity contribution in [2.75, 3.05) is 34.0 Å². The number of nitrogens with one attached hydrogen (secondary N) is 1. The van der Waals surface area contributed by atoms with Crippen LogP contribution in [-0.4, -0.2) is 44.8 Å². The fourth-order valence-corrected chi connectivity index (χ4v) is 2.07. The largest absolute Gasteiger partial charge is 0.454 e. The number of rotatable bonds is 6. The van der Waals surface area contributed by atoms with Gasteiger partial charge in [0.15, 0.2) is 11.5 Å². The predicted molar refractivity (Wildman–Crippen MR) is 75.7 cm³/mol. The summed E-state index contributed by atoms with van der Waals surface area (Å²) >= 11 is 0. The van der Waals surface area contributed by atoms with E-state index in [0.717, 1.165) is 12.1 Å². The van der Waals surface area contributed by atoms with Gasteiger partial charge >= 0.3 is 0 Å². The number of amides is 1. The standard InChI is InChI=1S/C14H21N3O3/c1-14(13(15)18,16-6-7-17(2)3)10-4-5-11-12(8-10)20-9-19-11/h4-5,8,16H,6-7,9H2,1-3H3,(H2,15,18). The predicted octanol–water partition coefficient (Wildman–Crippen LogP) is 0.267. The molecule has 6 heteroatoms. The Morgan fingerprint density at radius 2 is 2.10 bits per heavy atom. The van der Waals surface area contributed by atoms with Crippen molar-refractivity contribution in [3.63, 3.8) is 0 Å².